The average molecular weight is 305 g/mol. The van der Waals surface area contributed by atoms with Crippen LogP contribution in [0, 0.1) is 0 Å². The molecule has 0 aliphatic carbocycles. The summed E-state index contributed by atoms with van der Waals surface area (Å²) in [5.41, 5.74) is 0. The van der Waals surface area contributed by atoms with Gasteiger partial charge in [-0.25, -0.2) is 14.0 Å². The monoisotopic (exact) mass is 305 g/mol. The van der Waals surface area contributed by atoms with E-state index < -0.39 is 0 Å². The van der Waals surface area contributed by atoms with Gasteiger partial charge in [-0.15, -0.1) is 0 Å². The molecule has 0 N–H and O–H groups in total. The van der Waals surface area contributed by atoms with E-state index in [4.69, 9.17) is 13.8 Å². The first-order valence-corrected chi connectivity index (χ1v) is 7.71. The molecule has 0 radical (unpaired) electrons. The lowest BCUT2D eigenvalue weighted by atomic mass is 10.3. The first-order chi connectivity index (χ1) is 9.86. The molecule has 0 atom stereocenters. The minimum atomic E-state index is 0.649. The van der Waals surface area contributed by atoms with Crippen molar-refractivity contribution < 1.29 is 23.3 Å². The molecule has 0 unspecified atom stereocenters. The fourth-order valence-electron chi connectivity index (χ4n) is 1.66. The van der Waals surface area contributed by atoms with Crippen LogP contribution in [0.15, 0.2) is 18.7 Å². The summed E-state index contributed by atoms with van der Waals surface area (Å²) in [6.45, 7) is 3.90. The van der Waals surface area contributed by atoms with Crippen LogP contribution in [0.5, 0.6) is 0 Å². The van der Waals surface area contributed by atoms with Crippen molar-refractivity contribution in [3.8, 4) is 0 Å². The van der Waals surface area contributed by atoms with Gasteiger partial charge in [0.1, 0.15) is 18.9 Å². The van der Waals surface area contributed by atoms with Gasteiger partial charge in [0.15, 0.2) is 0 Å². The minimum Gasteiger partial charge on any atom is -0.382 e. The Kier molecular flexibility index (Phi) is 10.6. The molecular weight excluding hydrogens is 280 g/mol. The maximum atomic E-state index is 5.44. The quantitative estimate of drug-likeness (QED) is 0.181. The molecule has 7 heteroatoms. The molecule has 1 rings (SSSR count). The Morgan fingerprint density at radius 1 is 1.15 bits per heavy atom. The molecule has 20 heavy (non-hydrogen) atoms. The topological polar surface area (TPSA) is 45.7 Å². The van der Waals surface area contributed by atoms with Crippen molar-refractivity contribution in [3.63, 3.8) is 0 Å². The van der Waals surface area contributed by atoms with Crippen LogP contribution in [0.2, 0.25) is 0 Å². The van der Waals surface area contributed by atoms with Crippen LogP contribution >= 0.6 is 12.0 Å². The van der Waals surface area contributed by atoms with Crippen molar-refractivity contribution >= 4 is 12.0 Å². The van der Waals surface area contributed by atoms with E-state index in [2.05, 4.69) is 32.7 Å². The highest BCUT2D eigenvalue weighted by Crippen LogP contribution is 2.05. The van der Waals surface area contributed by atoms with Crippen LogP contribution in [-0.2, 0) is 31.8 Å². The van der Waals surface area contributed by atoms with Crippen molar-refractivity contribution in [1.29, 1.82) is 0 Å². The molecule has 1 heterocycles. The van der Waals surface area contributed by atoms with E-state index >= 15 is 0 Å². The number of imidazole rings is 1. The summed E-state index contributed by atoms with van der Waals surface area (Å²) in [6, 6.07) is 0. The van der Waals surface area contributed by atoms with Gasteiger partial charge in [-0.2, -0.15) is 4.33 Å². The zero-order valence-corrected chi connectivity index (χ0v) is 13.1. The van der Waals surface area contributed by atoms with Crippen LogP contribution in [0.4, 0.5) is 0 Å². The number of nitrogens with zero attached hydrogens (tertiary/aromatic N) is 2. The fourth-order valence-corrected chi connectivity index (χ4v) is 2.14. The number of unbranched alkanes of at least 4 members (excludes halogenated alkanes) is 1. The van der Waals surface area contributed by atoms with E-state index in [0.717, 1.165) is 31.7 Å². The Morgan fingerprint density at radius 2 is 2.05 bits per heavy atom. The maximum absolute atomic E-state index is 5.44. The van der Waals surface area contributed by atoms with E-state index in [-0.39, 0.29) is 0 Å². The van der Waals surface area contributed by atoms with Gasteiger partial charge in [0.05, 0.1) is 33.5 Å². The third kappa shape index (κ3) is 8.55. The van der Waals surface area contributed by atoms with Crippen molar-refractivity contribution in [2.24, 2.45) is 0 Å². The molecule has 0 saturated heterocycles. The van der Waals surface area contributed by atoms with Gasteiger partial charge < -0.3 is 9.47 Å². The number of hydrogen-bond donors (Lipinski definition) is 0. The Balaban J connectivity index is 2.04. The van der Waals surface area contributed by atoms with Crippen molar-refractivity contribution in [1.82, 2.24) is 4.57 Å². The van der Waals surface area contributed by atoms with Gasteiger partial charge in [0, 0.05) is 24.9 Å². The highest BCUT2D eigenvalue weighted by Gasteiger charge is 2.03. The van der Waals surface area contributed by atoms with Crippen molar-refractivity contribution in [3.05, 3.63) is 18.7 Å². The Labute approximate surface area is 125 Å². The summed E-state index contributed by atoms with van der Waals surface area (Å²) in [4.78, 5) is 4.51. The lowest BCUT2D eigenvalue weighted by molar-refractivity contribution is -0.696. The number of rotatable bonds is 13. The molecule has 1 aromatic heterocycles. The number of aryl methyl sites for hydroxylation is 1. The van der Waals surface area contributed by atoms with Gasteiger partial charge in [-0.3, -0.25) is 0 Å². The molecule has 0 aliphatic rings. The van der Waals surface area contributed by atoms with Gasteiger partial charge in [-0.05, 0) is 12.8 Å². The number of hydrogen-bond acceptors (Lipinski definition) is 5. The standard InChI is InChI=1S/C13H25N2O4S/c1-16-10-11-18-9-8-15-7-6-14(13-15)5-3-4-12-20-19-17-2/h6-7,13H,3-5,8-12H2,1-2H3/q+1. The van der Waals surface area contributed by atoms with Crippen LogP contribution in [0.1, 0.15) is 12.8 Å². The Morgan fingerprint density at radius 3 is 2.85 bits per heavy atom. The zero-order chi connectivity index (χ0) is 14.5. The Bertz CT molecular complexity index is 336. The predicted molar refractivity (Wildman–Crippen MR) is 77.1 cm³/mol. The molecule has 0 saturated carbocycles. The normalized spacial score (nSPS) is 11.1. The predicted octanol–water partition coefficient (Wildman–Crippen LogP) is 1.44. The van der Waals surface area contributed by atoms with E-state index in [1.54, 1.807) is 7.11 Å². The number of methoxy groups -OCH3 is 1. The largest absolute Gasteiger partial charge is 0.382 e. The highest BCUT2D eigenvalue weighted by molar-refractivity contribution is 7.94. The second-order valence-electron chi connectivity index (χ2n) is 4.26. The lowest BCUT2D eigenvalue weighted by Gasteiger charge is -2.01. The summed E-state index contributed by atoms with van der Waals surface area (Å²) in [5.74, 6) is 0.947. The molecule has 1 aromatic rings. The molecule has 0 fully saturated rings. The molecule has 0 bridgehead atoms. The lowest BCUT2D eigenvalue weighted by Crippen LogP contribution is -2.31. The van der Waals surface area contributed by atoms with Gasteiger partial charge in [-0.1, -0.05) is 0 Å². The fraction of sp³-hybridized carbons (Fsp3) is 0.769. The molecule has 0 amide bonds. The number of ether oxygens (including phenoxy) is 2. The first-order valence-electron chi connectivity index (χ1n) is 6.80. The third-order valence-corrected chi connectivity index (χ3v) is 3.37. The molecule has 0 aromatic carbocycles. The number of aromatic nitrogens is 2. The molecule has 6 nitrogen and oxygen atoms in total. The van der Waals surface area contributed by atoms with E-state index in [0.29, 0.717) is 19.8 Å². The average Bonchev–Trinajstić information content (AvgIpc) is 2.90. The third-order valence-electron chi connectivity index (χ3n) is 2.68. The van der Waals surface area contributed by atoms with Gasteiger partial charge in [0.25, 0.3) is 0 Å². The Hall–Kier alpha value is -0.600. The molecule has 0 spiro atoms. The van der Waals surface area contributed by atoms with Crippen molar-refractivity contribution in [2.45, 2.75) is 25.9 Å². The van der Waals surface area contributed by atoms with Crippen molar-refractivity contribution in [2.75, 3.05) is 39.8 Å². The van der Waals surface area contributed by atoms with E-state index in [1.165, 1.54) is 19.2 Å². The van der Waals surface area contributed by atoms with E-state index in [9.17, 15) is 0 Å². The van der Waals surface area contributed by atoms with Crippen LogP contribution in [0.25, 0.3) is 0 Å². The minimum absolute atomic E-state index is 0.649. The molecule has 116 valence electrons. The summed E-state index contributed by atoms with van der Waals surface area (Å²) in [7, 11) is 3.20. The van der Waals surface area contributed by atoms with Gasteiger partial charge in [0.2, 0.25) is 6.33 Å². The second-order valence-corrected chi connectivity index (χ2v) is 5.04. The van der Waals surface area contributed by atoms with Gasteiger partial charge >= 0.3 is 0 Å². The highest BCUT2D eigenvalue weighted by atomic mass is 32.2. The smallest absolute Gasteiger partial charge is 0.243 e. The summed E-state index contributed by atoms with van der Waals surface area (Å²) < 4.78 is 19.4. The van der Waals surface area contributed by atoms with Crippen LogP contribution in [-0.4, -0.2) is 44.4 Å². The second kappa shape index (κ2) is 12.2. The summed E-state index contributed by atoms with van der Waals surface area (Å²) >= 11 is 1.35. The van der Waals surface area contributed by atoms with Crippen LogP contribution < -0.4 is 4.57 Å². The van der Waals surface area contributed by atoms with E-state index in [1.807, 2.05) is 0 Å². The molecule has 0 aliphatic heterocycles. The summed E-state index contributed by atoms with van der Waals surface area (Å²) in [6.07, 6.45) is 8.50. The SMILES string of the molecule is COCCOCCn1cc[n+](CCCCSOOC)c1. The van der Waals surface area contributed by atoms with Crippen LogP contribution in [0.3, 0.4) is 0 Å². The molecular formula is C13H25N2O4S+. The maximum Gasteiger partial charge on any atom is 0.243 e. The summed E-state index contributed by atoms with van der Waals surface area (Å²) in [5, 5.41) is 0. The first kappa shape index (κ1) is 17.5. The zero-order valence-electron chi connectivity index (χ0n) is 12.3.